The molecule has 0 spiro atoms. The Labute approximate surface area is 183 Å². The van der Waals surface area contributed by atoms with Crippen molar-refractivity contribution < 1.29 is 33.2 Å². The van der Waals surface area contributed by atoms with Gasteiger partial charge in [0, 0.05) is 6.42 Å². The maximum Gasteiger partial charge on any atom is 0.305 e. The summed E-state index contributed by atoms with van der Waals surface area (Å²) in [6, 6.07) is 0. The monoisotopic (exact) mass is 432 g/mol. The van der Waals surface area contributed by atoms with Gasteiger partial charge in [0.1, 0.15) is 12.7 Å². The van der Waals surface area contributed by atoms with Crippen LogP contribution in [0.2, 0.25) is 0 Å². The van der Waals surface area contributed by atoms with Crippen molar-refractivity contribution in [2.75, 3.05) is 66.1 Å². The van der Waals surface area contributed by atoms with E-state index in [9.17, 15) is 4.79 Å². The first-order valence-electron chi connectivity index (χ1n) is 11.9. The number of carbonyl (C=O) groups is 1. The second-order valence-corrected chi connectivity index (χ2v) is 7.67. The van der Waals surface area contributed by atoms with E-state index in [0.717, 1.165) is 12.8 Å². The summed E-state index contributed by atoms with van der Waals surface area (Å²) in [5, 5.41) is 0. The Morgan fingerprint density at radius 3 is 1.80 bits per heavy atom. The molecule has 0 aliphatic carbocycles. The first-order chi connectivity index (χ1) is 14.8. The molecule has 1 rings (SSSR count). The molecule has 7 heteroatoms. The zero-order valence-electron chi connectivity index (χ0n) is 19.1. The highest BCUT2D eigenvalue weighted by molar-refractivity contribution is 5.69. The molecule has 7 nitrogen and oxygen atoms in total. The van der Waals surface area contributed by atoms with Gasteiger partial charge in [-0.3, -0.25) is 4.79 Å². The maximum atomic E-state index is 12.0. The molecule has 0 radical (unpaired) electrons. The Bertz CT molecular complexity index is 363. The van der Waals surface area contributed by atoms with Crippen LogP contribution >= 0.6 is 0 Å². The van der Waals surface area contributed by atoms with Gasteiger partial charge in [0.05, 0.1) is 59.5 Å². The van der Waals surface area contributed by atoms with E-state index in [2.05, 4.69) is 6.92 Å². The molecule has 0 saturated carbocycles. The molecule has 1 heterocycles. The van der Waals surface area contributed by atoms with Gasteiger partial charge in [0.25, 0.3) is 0 Å². The lowest BCUT2D eigenvalue weighted by Gasteiger charge is -2.18. The molecule has 1 saturated heterocycles. The summed E-state index contributed by atoms with van der Waals surface area (Å²) in [7, 11) is 0. The summed E-state index contributed by atoms with van der Waals surface area (Å²) in [5.74, 6) is -0.158. The predicted molar refractivity (Wildman–Crippen MR) is 116 cm³/mol. The van der Waals surface area contributed by atoms with Crippen LogP contribution in [0.25, 0.3) is 0 Å². The number of hydrogen-bond donors (Lipinski definition) is 0. The molecule has 0 bridgehead atoms. The first-order valence-corrected chi connectivity index (χ1v) is 11.9. The van der Waals surface area contributed by atoms with E-state index in [1.807, 2.05) is 0 Å². The highest BCUT2D eigenvalue weighted by Crippen LogP contribution is 2.11. The van der Waals surface area contributed by atoms with Crippen LogP contribution < -0.4 is 0 Å². The molecule has 0 amide bonds. The minimum absolute atomic E-state index is 0.158. The molecule has 1 aliphatic rings. The number of ether oxygens (including phenoxy) is 6. The lowest BCUT2D eigenvalue weighted by molar-refractivity contribution is -0.150. The molecule has 30 heavy (non-hydrogen) atoms. The van der Waals surface area contributed by atoms with Crippen LogP contribution in [-0.2, 0) is 33.2 Å². The molecule has 1 atom stereocenters. The molecular formula is C23H44O7. The van der Waals surface area contributed by atoms with Gasteiger partial charge in [-0.15, -0.1) is 0 Å². The van der Waals surface area contributed by atoms with Gasteiger partial charge in [0.15, 0.2) is 0 Å². The second-order valence-electron chi connectivity index (χ2n) is 7.67. The number of carbonyl (C=O) groups excluding carboxylic acids is 1. The number of esters is 1. The van der Waals surface area contributed by atoms with Crippen LogP contribution in [0.3, 0.4) is 0 Å². The molecule has 0 aromatic rings. The van der Waals surface area contributed by atoms with Gasteiger partial charge in [-0.1, -0.05) is 58.3 Å². The Morgan fingerprint density at radius 1 is 0.700 bits per heavy atom. The quantitative estimate of drug-likeness (QED) is 0.342. The van der Waals surface area contributed by atoms with Crippen molar-refractivity contribution in [2.45, 2.75) is 77.2 Å². The van der Waals surface area contributed by atoms with E-state index in [1.165, 1.54) is 44.9 Å². The molecule has 0 aromatic heterocycles. The van der Waals surface area contributed by atoms with Gasteiger partial charge in [-0.05, 0) is 6.42 Å². The average molecular weight is 433 g/mol. The first kappa shape index (κ1) is 27.3. The average Bonchev–Trinajstić information content (AvgIpc) is 2.76. The molecule has 1 fully saturated rings. The van der Waals surface area contributed by atoms with Crippen molar-refractivity contribution in [1.82, 2.24) is 0 Å². The van der Waals surface area contributed by atoms with Crippen LogP contribution in [0.15, 0.2) is 0 Å². The summed E-state index contributed by atoms with van der Waals surface area (Å²) in [5.41, 5.74) is 0. The van der Waals surface area contributed by atoms with Crippen molar-refractivity contribution in [2.24, 2.45) is 0 Å². The third kappa shape index (κ3) is 18.1. The largest absolute Gasteiger partial charge is 0.463 e. The zero-order valence-corrected chi connectivity index (χ0v) is 19.1. The fraction of sp³-hybridized carbons (Fsp3) is 0.957. The third-order valence-electron chi connectivity index (χ3n) is 4.92. The van der Waals surface area contributed by atoms with Gasteiger partial charge in [-0.25, -0.2) is 0 Å². The van der Waals surface area contributed by atoms with Crippen LogP contribution in [0.5, 0.6) is 0 Å². The van der Waals surface area contributed by atoms with E-state index >= 15 is 0 Å². The molecule has 0 N–H and O–H groups in total. The minimum atomic E-state index is -0.290. The molecule has 1 aliphatic heterocycles. The third-order valence-corrected chi connectivity index (χ3v) is 4.92. The smallest absolute Gasteiger partial charge is 0.305 e. The van der Waals surface area contributed by atoms with Gasteiger partial charge < -0.3 is 28.4 Å². The number of rotatable bonds is 12. The van der Waals surface area contributed by atoms with Gasteiger partial charge >= 0.3 is 5.97 Å². The Balaban J connectivity index is 2.10. The van der Waals surface area contributed by atoms with Crippen molar-refractivity contribution >= 4 is 5.97 Å². The SMILES string of the molecule is CCCCCCCCCCCC(=O)OCC1COCCOCCOCCOCCO1. The van der Waals surface area contributed by atoms with E-state index < -0.39 is 0 Å². The van der Waals surface area contributed by atoms with Crippen molar-refractivity contribution in [3.05, 3.63) is 0 Å². The topological polar surface area (TPSA) is 72.5 Å². The predicted octanol–water partition coefficient (Wildman–Crippen LogP) is 3.92. The highest BCUT2D eigenvalue weighted by Gasteiger charge is 2.13. The van der Waals surface area contributed by atoms with Crippen LogP contribution in [0, 0.1) is 0 Å². The normalized spacial score (nSPS) is 20.2. The van der Waals surface area contributed by atoms with Crippen LogP contribution in [-0.4, -0.2) is 78.1 Å². The molecule has 0 aromatic carbocycles. The standard InChI is InChI=1S/C23H44O7/c1-2-3-4-5-6-7-8-9-10-11-23(24)30-21-22-20-28-17-16-26-13-12-25-14-15-27-18-19-29-22/h22H,2-21H2,1H3. The summed E-state index contributed by atoms with van der Waals surface area (Å²) in [6.07, 6.45) is 11.3. The zero-order chi connectivity index (χ0) is 21.5. The van der Waals surface area contributed by atoms with E-state index in [-0.39, 0.29) is 18.7 Å². The van der Waals surface area contributed by atoms with Gasteiger partial charge in [-0.2, -0.15) is 0 Å². The lowest BCUT2D eigenvalue weighted by Crippen LogP contribution is -2.29. The van der Waals surface area contributed by atoms with Crippen molar-refractivity contribution in [3.8, 4) is 0 Å². The molecule has 178 valence electrons. The van der Waals surface area contributed by atoms with Gasteiger partial charge in [0.2, 0.25) is 0 Å². The maximum absolute atomic E-state index is 12.0. The fourth-order valence-corrected chi connectivity index (χ4v) is 3.13. The summed E-state index contributed by atoms with van der Waals surface area (Å²) >= 11 is 0. The van der Waals surface area contributed by atoms with Crippen LogP contribution in [0.1, 0.15) is 71.1 Å². The molecule has 1 unspecified atom stereocenters. The molecular weight excluding hydrogens is 388 g/mol. The van der Waals surface area contributed by atoms with E-state index in [0.29, 0.717) is 65.9 Å². The summed E-state index contributed by atoms with van der Waals surface area (Å²) < 4.78 is 33.0. The number of hydrogen-bond acceptors (Lipinski definition) is 7. The van der Waals surface area contributed by atoms with E-state index in [4.69, 9.17) is 28.4 Å². The fourth-order valence-electron chi connectivity index (χ4n) is 3.13. The van der Waals surface area contributed by atoms with E-state index in [1.54, 1.807) is 0 Å². The second kappa shape index (κ2) is 21.5. The lowest BCUT2D eigenvalue weighted by atomic mass is 10.1. The van der Waals surface area contributed by atoms with Crippen LogP contribution in [0.4, 0.5) is 0 Å². The van der Waals surface area contributed by atoms with Crippen molar-refractivity contribution in [1.29, 1.82) is 0 Å². The highest BCUT2D eigenvalue weighted by atomic mass is 16.6. The summed E-state index contributed by atoms with van der Waals surface area (Å²) in [6.45, 7) is 6.86. The Hall–Kier alpha value is -0.730. The Kier molecular flexibility index (Phi) is 19.6. The minimum Gasteiger partial charge on any atom is -0.463 e. The Morgan fingerprint density at radius 2 is 1.20 bits per heavy atom. The summed E-state index contributed by atoms with van der Waals surface area (Å²) in [4.78, 5) is 12.0. The number of unbranched alkanes of at least 4 members (excludes halogenated alkanes) is 8. The van der Waals surface area contributed by atoms with Crippen molar-refractivity contribution in [3.63, 3.8) is 0 Å².